The van der Waals surface area contributed by atoms with Crippen molar-refractivity contribution in [3.63, 3.8) is 0 Å². The molecule has 7 nitrogen and oxygen atoms in total. The van der Waals surface area contributed by atoms with E-state index in [1.54, 1.807) is 0 Å². The van der Waals surface area contributed by atoms with E-state index in [1.165, 1.54) is 13.1 Å². The number of carbonyl (C=O) groups excluding carboxylic acids is 1. The Hall–Kier alpha value is -2.75. The lowest BCUT2D eigenvalue weighted by Gasteiger charge is -2.12. The van der Waals surface area contributed by atoms with Crippen LogP contribution in [0.2, 0.25) is 0 Å². The molecule has 1 aromatic carbocycles. The van der Waals surface area contributed by atoms with Gasteiger partial charge in [-0.2, -0.15) is 13.2 Å². The SMILES string of the molecule is CN(C(=N)N)C(=O)c1cc2c(C(F)(F)F)ccc(OCCCN)c2[nH]1. The maximum Gasteiger partial charge on any atom is 0.417 e. The molecule has 0 atom stereocenters. The van der Waals surface area contributed by atoms with Crippen LogP contribution in [0.25, 0.3) is 10.9 Å². The Bertz CT molecular complexity index is 800. The van der Waals surface area contributed by atoms with Gasteiger partial charge in [0.25, 0.3) is 5.91 Å². The van der Waals surface area contributed by atoms with Crippen LogP contribution >= 0.6 is 0 Å². The second-order valence-electron chi connectivity index (χ2n) is 5.32. The highest BCUT2D eigenvalue weighted by Gasteiger charge is 2.34. The Kier molecular flexibility index (Phi) is 5.21. The Morgan fingerprint density at radius 1 is 1.40 bits per heavy atom. The van der Waals surface area contributed by atoms with Crippen molar-refractivity contribution >= 4 is 22.8 Å². The third-order valence-corrected chi connectivity index (χ3v) is 3.56. The summed E-state index contributed by atoms with van der Waals surface area (Å²) in [6, 6.07) is 3.17. The number of alkyl halides is 3. The molecule has 1 heterocycles. The van der Waals surface area contributed by atoms with Gasteiger partial charge in [-0.05, 0) is 31.2 Å². The molecule has 0 aliphatic carbocycles. The zero-order valence-corrected chi connectivity index (χ0v) is 13.4. The molecule has 25 heavy (non-hydrogen) atoms. The third kappa shape index (κ3) is 3.85. The minimum atomic E-state index is -4.59. The Labute approximate surface area is 141 Å². The zero-order valence-electron chi connectivity index (χ0n) is 13.4. The summed E-state index contributed by atoms with van der Waals surface area (Å²) >= 11 is 0. The highest BCUT2D eigenvalue weighted by Crippen LogP contribution is 2.38. The lowest BCUT2D eigenvalue weighted by atomic mass is 10.1. The van der Waals surface area contributed by atoms with E-state index in [-0.39, 0.29) is 29.0 Å². The molecular weight excluding hydrogens is 339 g/mol. The van der Waals surface area contributed by atoms with Crippen molar-refractivity contribution in [3.05, 3.63) is 29.5 Å². The molecule has 1 aromatic heterocycles. The standard InChI is InChI=1S/C15H18F3N5O2/c1-23(14(20)21)13(24)10-7-8-9(15(16,17)18)3-4-11(12(8)22-10)25-6-2-5-19/h3-4,7,22H,2,5-6,19H2,1H3,(H3,20,21). The van der Waals surface area contributed by atoms with E-state index in [0.717, 1.165) is 17.0 Å². The molecule has 10 heteroatoms. The van der Waals surface area contributed by atoms with Gasteiger partial charge in [0.05, 0.1) is 17.7 Å². The maximum atomic E-state index is 13.2. The molecule has 0 saturated heterocycles. The van der Waals surface area contributed by atoms with E-state index in [1.807, 2.05) is 0 Å². The van der Waals surface area contributed by atoms with E-state index in [2.05, 4.69) is 4.98 Å². The fraction of sp³-hybridized carbons (Fsp3) is 0.333. The number of nitrogens with two attached hydrogens (primary N) is 2. The number of benzene rings is 1. The lowest BCUT2D eigenvalue weighted by molar-refractivity contribution is -0.136. The number of amides is 1. The summed E-state index contributed by atoms with van der Waals surface area (Å²) in [7, 11) is 1.25. The van der Waals surface area contributed by atoms with Gasteiger partial charge in [-0.15, -0.1) is 0 Å². The predicted octanol–water partition coefficient (Wildman–Crippen LogP) is 1.88. The molecule has 0 aliphatic rings. The van der Waals surface area contributed by atoms with E-state index >= 15 is 0 Å². The van der Waals surface area contributed by atoms with E-state index in [0.29, 0.717) is 13.0 Å². The van der Waals surface area contributed by atoms with Crippen molar-refractivity contribution in [3.8, 4) is 5.75 Å². The normalized spacial score (nSPS) is 11.6. The monoisotopic (exact) mass is 357 g/mol. The van der Waals surface area contributed by atoms with E-state index in [9.17, 15) is 18.0 Å². The molecule has 0 aliphatic heterocycles. The van der Waals surface area contributed by atoms with Crippen molar-refractivity contribution in [2.45, 2.75) is 12.6 Å². The van der Waals surface area contributed by atoms with Crippen LogP contribution in [0.3, 0.4) is 0 Å². The number of halogens is 3. The van der Waals surface area contributed by atoms with Gasteiger partial charge in [-0.3, -0.25) is 15.1 Å². The van der Waals surface area contributed by atoms with Crippen LogP contribution in [0, 0.1) is 5.41 Å². The number of hydrogen-bond donors (Lipinski definition) is 4. The van der Waals surface area contributed by atoms with Crippen LogP contribution in [0.4, 0.5) is 13.2 Å². The molecule has 0 spiro atoms. The summed E-state index contributed by atoms with van der Waals surface area (Å²) in [6.45, 7) is 0.605. The average Bonchev–Trinajstić information content (AvgIpc) is 2.97. The fourth-order valence-corrected chi connectivity index (χ4v) is 2.23. The molecule has 0 bridgehead atoms. The number of carbonyl (C=O) groups is 1. The molecule has 2 aromatic rings. The largest absolute Gasteiger partial charge is 0.491 e. The first-order chi connectivity index (χ1) is 11.7. The van der Waals surface area contributed by atoms with Crippen molar-refractivity contribution in [1.82, 2.24) is 9.88 Å². The quantitative estimate of drug-likeness (QED) is 0.371. The number of H-pyrrole nitrogens is 1. The van der Waals surface area contributed by atoms with Crippen molar-refractivity contribution in [2.75, 3.05) is 20.2 Å². The highest BCUT2D eigenvalue weighted by atomic mass is 19.4. The first-order valence-electron chi connectivity index (χ1n) is 7.34. The average molecular weight is 357 g/mol. The molecular formula is C15H18F3N5O2. The number of fused-ring (bicyclic) bond motifs is 1. The summed E-state index contributed by atoms with van der Waals surface area (Å²) in [4.78, 5) is 15.7. The first-order valence-corrected chi connectivity index (χ1v) is 7.34. The summed E-state index contributed by atoms with van der Waals surface area (Å²) in [6.07, 6.45) is -4.06. The van der Waals surface area contributed by atoms with E-state index < -0.39 is 23.6 Å². The number of ether oxygens (including phenoxy) is 1. The highest BCUT2D eigenvalue weighted by molar-refractivity contribution is 6.06. The van der Waals surface area contributed by atoms with Crippen molar-refractivity contribution in [2.24, 2.45) is 11.5 Å². The fourth-order valence-electron chi connectivity index (χ4n) is 2.23. The van der Waals surface area contributed by atoms with Gasteiger partial charge in [-0.25, -0.2) is 0 Å². The second kappa shape index (κ2) is 7.01. The third-order valence-electron chi connectivity index (χ3n) is 3.56. The molecule has 1 amide bonds. The van der Waals surface area contributed by atoms with Gasteiger partial charge < -0.3 is 21.2 Å². The lowest BCUT2D eigenvalue weighted by Crippen LogP contribution is -2.38. The second-order valence-corrected chi connectivity index (χ2v) is 5.32. The number of aromatic nitrogens is 1. The molecule has 0 fully saturated rings. The van der Waals surface area contributed by atoms with Gasteiger partial charge in [-0.1, -0.05) is 0 Å². The molecule has 2 rings (SSSR count). The number of guanidine groups is 1. The number of nitrogens with one attached hydrogen (secondary N) is 2. The predicted molar refractivity (Wildman–Crippen MR) is 86.5 cm³/mol. The Morgan fingerprint density at radius 3 is 2.64 bits per heavy atom. The smallest absolute Gasteiger partial charge is 0.417 e. The number of rotatable bonds is 5. The maximum absolute atomic E-state index is 13.2. The number of hydrogen-bond acceptors (Lipinski definition) is 4. The summed E-state index contributed by atoms with van der Waals surface area (Å²) in [5.41, 5.74) is 9.63. The van der Waals surface area contributed by atoms with Gasteiger partial charge >= 0.3 is 6.18 Å². The minimum absolute atomic E-state index is 0.0483. The number of aromatic amines is 1. The van der Waals surface area contributed by atoms with Gasteiger partial charge in [0.15, 0.2) is 5.96 Å². The summed E-state index contributed by atoms with van der Waals surface area (Å²) in [5.74, 6) is -1.08. The molecule has 0 unspecified atom stereocenters. The van der Waals surface area contributed by atoms with Crippen molar-refractivity contribution in [1.29, 1.82) is 5.41 Å². The van der Waals surface area contributed by atoms with Crippen LogP contribution < -0.4 is 16.2 Å². The summed E-state index contributed by atoms with van der Waals surface area (Å²) in [5, 5.41) is 7.07. The van der Waals surface area contributed by atoms with Crippen LogP contribution in [-0.2, 0) is 6.18 Å². The summed E-state index contributed by atoms with van der Waals surface area (Å²) < 4.78 is 45.2. The van der Waals surface area contributed by atoms with E-state index in [4.69, 9.17) is 21.6 Å². The van der Waals surface area contributed by atoms with Crippen LogP contribution in [0.1, 0.15) is 22.5 Å². The first kappa shape index (κ1) is 18.6. The van der Waals surface area contributed by atoms with Crippen LogP contribution in [0.5, 0.6) is 5.75 Å². The van der Waals surface area contributed by atoms with Gasteiger partial charge in [0.1, 0.15) is 11.4 Å². The van der Waals surface area contributed by atoms with Gasteiger partial charge in [0, 0.05) is 12.4 Å². The molecule has 0 radical (unpaired) electrons. The number of nitrogens with zero attached hydrogens (tertiary/aromatic N) is 1. The van der Waals surface area contributed by atoms with Gasteiger partial charge in [0.2, 0.25) is 0 Å². The zero-order chi connectivity index (χ0) is 18.8. The van der Waals surface area contributed by atoms with Crippen LogP contribution in [0.15, 0.2) is 18.2 Å². The topological polar surface area (TPSA) is 121 Å². The molecule has 6 N–H and O–H groups in total. The van der Waals surface area contributed by atoms with Crippen LogP contribution in [-0.4, -0.2) is 41.9 Å². The molecule has 136 valence electrons. The Morgan fingerprint density at radius 2 is 2.08 bits per heavy atom. The Balaban J connectivity index is 2.55. The van der Waals surface area contributed by atoms with Crippen molar-refractivity contribution < 1.29 is 22.7 Å². The minimum Gasteiger partial charge on any atom is -0.491 e. The molecule has 0 saturated carbocycles.